The van der Waals surface area contributed by atoms with Crippen LogP contribution in [0.5, 0.6) is 0 Å². The van der Waals surface area contributed by atoms with E-state index >= 15 is 0 Å². The van der Waals surface area contributed by atoms with Crippen molar-refractivity contribution in [1.29, 1.82) is 0 Å². The molecule has 0 unspecified atom stereocenters. The van der Waals surface area contributed by atoms with Gasteiger partial charge in [-0.05, 0) is 12.8 Å². The van der Waals surface area contributed by atoms with Crippen LogP contribution in [-0.2, 0) is 15.0 Å². The second-order valence-electron chi connectivity index (χ2n) is 3.20. The fraction of sp³-hybridized carbons (Fsp3) is 0.857. The number of aliphatic carboxylic acids is 1. The van der Waals surface area contributed by atoms with Gasteiger partial charge in [0.15, 0.2) is 0 Å². The van der Waals surface area contributed by atoms with Gasteiger partial charge in [-0.2, -0.15) is 12.7 Å². The summed E-state index contributed by atoms with van der Waals surface area (Å²) in [5.74, 6) is -0.950. The van der Waals surface area contributed by atoms with Crippen LogP contribution in [0, 0.1) is 0 Å². The molecule has 1 heterocycles. The molecular formula is C7H13ClN2O4S. The summed E-state index contributed by atoms with van der Waals surface area (Å²) in [7, 11) is -3.70. The molecular weight excluding hydrogens is 244 g/mol. The van der Waals surface area contributed by atoms with E-state index < -0.39 is 22.2 Å². The molecule has 0 aromatic rings. The number of alkyl halides is 1. The number of rotatable bonds is 5. The highest BCUT2D eigenvalue weighted by atomic mass is 35.5. The molecule has 0 radical (unpaired) electrons. The van der Waals surface area contributed by atoms with Crippen LogP contribution in [0.3, 0.4) is 0 Å². The lowest BCUT2D eigenvalue weighted by atomic mass is 10.2. The van der Waals surface area contributed by atoms with Crippen molar-refractivity contribution in [3.63, 3.8) is 0 Å². The van der Waals surface area contributed by atoms with Crippen LogP contribution in [0.25, 0.3) is 0 Å². The standard InChI is InChI=1S/C7H13ClN2O4S/c8-3-4-9-15(13,14)10-5-1-2-6(10)7(11)12/h6,9H,1-5H2,(H,11,12)/t6-/m0/s1. The molecule has 0 saturated carbocycles. The topological polar surface area (TPSA) is 86.7 Å². The number of carbonyl (C=O) groups is 1. The summed E-state index contributed by atoms with van der Waals surface area (Å²) in [5.41, 5.74) is 0. The lowest BCUT2D eigenvalue weighted by Gasteiger charge is -2.20. The van der Waals surface area contributed by atoms with Crippen molar-refractivity contribution in [3.05, 3.63) is 0 Å². The SMILES string of the molecule is O=C(O)[C@@H]1CCCN1S(=O)(=O)NCCCl. The smallest absolute Gasteiger partial charge is 0.322 e. The van der Waals surface area contributed by atoms with Crippen LogP contribution in [-0.4, -0.2) is 48.8 Å². The summed E-state index contributed by atoms with van der Waals surface area (Å²) in [4.78, 5) is 10.8. The zero-order chi connectivity index (χ0) is 11.5. The average molecular weight is 257 g/mol. The number of halogens is 1. The first-order valence-electron chi connectivity index (χ1n) is 4.54. The van der Waals surface area contributed by atoms with Crippen molar-refractivity contribution in [3.8, 4) is 0 Å². The van der Waals surface area contributed by atoms with E-state index in [1.807, 2.05) is 0 Å². The van der Waals surface area contributed by atoms with Crippen LogP contribution in [0.15, 0.2) is 0 Å². The maximum atomic E-state index is 11.6. The first kappa shape index (κ1) is 12.7. The van der Waals surface area contributed by atoms with Crippen molar-refractivity contribution in [2.45, 2.75) is 18.9 Å². The summed E-state index contributed by atoms with van der Waals surface area (Å²) in [6.07, 6.45) is 0.926. The van der Waals surface area contributed by atoms with E-state index in [1.165, 1.54) is 0 Å². The van der Waals surface area contributed by atoms with Crippen molar-refractivity contribution in [1.82, 2.24) is 9.03 Å². The Morgan fingerprint density at radius 3 is 2.80 bits per heavy atom. The van der Waals surface area contributed by atoms with Crippen LogP contribution in [0.2, 0.25) is 0 Å². The minimum absolute atomic E-state index is 0.104. The molecule has 1 fully saturated rings. The van der Waals surface area contributed by atoms with Gasteiger partial charge in [0, 0.05) is 19.0 Å². The maximum Gasteiger partial charge on any atom is 0.322 e. The van der Waals surface area contributed by atoms with Crippen molar-refractivity contribution in [2.75, 3.05) is 19.0 Å². The number of carboxylic acids is 1. The van der Waals surface area contributed by atoms with E-state index in [1.54, 1.807) is 0 Å². The lowest BCUT2D eigenvalue weighted by Crippen LogP contribution is -2.46. The number of hydrogen-bond acceptors (Lipinski definition) is 3. The fourth-order valence-corrected chi connectivity index (χ4v) is 3.16. The molecule has 2 N–H and O–H groups in total. The third-order valence-electron chi connectivity index (χ3n) is 2.18. The molecule has 0 bridgehead atoms. The van der Waals surface area contributed by atoms with E-state index in [2.05, 4.69) is 4.72 Å². The van der Waals surface area contributed by atoms with Crippen LogP contribution < -0.4 is 4.72 Å². The molecule has 1 saturated heterocycles. The highest BCUT2D eigenvalue weighted by Gasteiger charge is 2.38. The summed E-state index contributed by atoms with van der Waals surface area (Å²) in [5, 5.41) is 8.81. The lowest BCUT2D eigenvalue weighted by molar-refractivity contribution is -0.140. The van der Waals surface area contributed by atoms with Gasteiger partial charge in [-0.15, -0.1) is 11.6 Å². The Labute approximate surface area is 93.4 Å². The van der Waals surface area contributed by atoms with Gasteiger partial charge in [0.05, 0.1) is 0 Å². The van der Waals surface area contributed by atoms with Crippen molar-refractivity contribution < 1.29 is 18.3 Å². The van der Waals surface area contributed by atoms with Gasteiger partial charge in [-0.1, -0.05) is 0 Å². The molecule has 88 valence electrons. The van der Waals surface area contributed by atoms with E-state index in [0.29, 0.717) is 12.8 Å². The Bertz CT molecular complexity index is 332. The minimum atomic E-state index is -3.70. The molecule has 6 nitrogen and oxygen atoms in total. The Kier molecular flexibility index (Phi) is 4.32. The summed E-state index contributed by atoms with van der Waals surface area (Å²) < 4.78 is 26.4. The van der Waals surface area contributed by atoms with Crippen LogP contribution in [0.4, 0.5) is 0 Å². The predicted octanol–water partition coefficient (Wildman–Crippen LogP) is -0.391. The molecule has 0 aliphatic carbocycles. The number of hydrogen-bond donors (Lipinski definition) is 2. The average Bonchev–Trinajstić information content (AvgIpc) is 2.63. The van der Waals surface area contributed by atoms with Gasteiger partial charge in [0.25, 0.3) is 10.2 Å². The molecule has 8 heteroatoms. The van der Waals surface area contributed by atoms with Crippen molar-refractivity contribution >= 4 is 27.8 Å². The fourth-order valence-electron chi connectivity index (χ4n) is 1.53. The summed E-state index contributed by atoms with van der Waals surface area (Å²) in [6.45, 7) is 0.349. The molecule has 0 aromatic heterocycles. The van der Waals surface area contributed by atoms with Gasteiger partial charge in [0.2, 0.25) is 0 Å². The molecule has 15 heavy (non-hydrogen) atoms. The largest absolute Gasteiger partial charge is 0.480 e. The van der Waals surface area contributed by atoms with Gasteiger partial charge >= 0.3 is 5.97 Å². The van der Waals surface area contributed by atoms with Crippen LogP contribution >= 0.6 is 11.6 Å². The number of nitrogens with one attached hydrogen (secondary N) is 1. The van der Waals surface area contributed by atoms with Crippen molar-refractivity contribution in [2.24, 2.45) is 0 Å². The second-order valence-corrected chi connectivity index (χ2v) is 5.28. The molecule has 1 aliphatic rings. The zero-order valence-corrected chi connectivity index (χ0v) is 9.59. The highest BCUT2D eigenvalue weighted by molar-refractivity contribution is 7.87. The third-order valence-corrected chi connectivity index (χ3v) is 3.99. The predicted molar refractivity (Wildman–Crippen MR) is 55.0 cm³/mol. The maximum absolute atomic E-state index is 11.6. The molecule has 0 aromatic carbocycles. The van der Waals surface area contributed by atoms with Crippen LogP contribution in [0.1, 0.15) is 12.8 Å². The van der Waals surface area contributed by atoms with Gasteiger partial charge in [-0.3, -0.25) is 4.79 Å². The third kappa shape index (κ3) is 3.04. The first-order chi connectivity index (χ1) is 6.99. The number of carboxylic acid groups (broad SMARTS) is 1. The summed E-state index contributed by atoms with van der Waals surface area (Å²) in [6, 6.07) is -0.946. The van der Waals surface area contributed by atoms with Gasteiger partial charge in [-0.25, -0.2) is 4.72 Å². The molecule has 0 amide bonds. The molecule has 1 aliphatic heterocycles. The van der Waals surface area contributed by atoms with E-state index in [4.69, 9.17) is 16.7 Å². The monoisotopic (exact) mass is 256 g/mol. The Morgan fingerprint density at radius 1 is 1.60 bits per heavy atom. The normalized spacial score (nSPS) is 23.1. The van der Waals surface area contributed by atoms with Gasteiger partial charge < -0.3 is 5.11 Å². The quantitative estimate of drug-likeness (QED) is 0.656. The Balaban J connectivity index is 2.73. The second kappa shape index (κ2) is 5.11. The molecule has 1 rings (SSSR count). The Morgan fingerprint density at radius 2 is 2.27 bits per heavy atom. The highest BCUT2D eigenvalue weighted by Crippen LogP contribution is 2.20. The van der Waals surface area contributed by atoms with E-state index in [0.717, 1.165) is 4.31 Å². The number of nitrogens with zero attached hydrogens (tertiary/aromatic N) is 1. The molecule has 1 atom stereocenters. The first-order valence-corrected chi connectivity index (χ1v) is 6.51. The van der Waals surface area contributed by atoms with E-state index in [-0.39, 0.29) is 19.0 Å². The van der Waals surface area contributed by atoms with E-state index in [9.17, 15) is 13.2 Å². The zero-order valence-electron chi connectivity index (χ0n) is 8.02. The molecule has 0 spiro atoms. The Hall–Kier alpha value is -0.370. The van der Waals surface area contributed by atoms with Gasteiger partial charge in [0.1, 0.15) is 6.04 Å². The minimum Gasteiger partial charge on any atom is -0.480 e. The summed E-state index contributed by atoms with van der Waals surface area (Å²) >= 11 is 5.35.